The first-order valence-corrected chi connectivity index (χ1v) is 17.2. The summed E-state index contributed by atoms with van der Waals surface area (Å²) < 4.78 is 14.9. The molecule has 6 aromatic rings. The van der Waals surface area contributed by atoms with Gasteiger partial charge in [0.05, 0.1) is 11.2 Å². The van der Waals surface area contributed by atoms with E-state index in [1.165, 1.54) is 63.6 Å². The van der Waals surface area contributed by atoms with Crippen molar-refractivity contribution >= 4 is 21.8 Å². The number of fused-ring (bicyclic) bond motifs is 2. The molecule has 0 unspecified atom stereocenters. The summed E-state index contributed by atoms with van der Waals surface area (Å²) in [7, 11) is 0. The molecule has 46 heavy (non-hydrogen) atoms. The van der Waals surface area contributed by atoms with Gasteiger partial charge in [-0.2, -0.15) is 5.10 Å². The van der Waals surface area contributed by atoms with Crippen LogP contribution in [-0.4, -0.2) is 44.7 Å². The molecule has 234 valence electrons. The minimum atomic E-state index is -0.176. The van der Waals surface area contributed by atoms with E-state index < -0.39 is 0 Å². The highest BCUT2D eigenvalue weighted by Crippen LogP contribution is 2.36. The number of likely N-dealkylation sites (tertiary alicyclic amines) is 1. The summed E-state index contributed by atoms with van der Waals surface area (Å²) in [5.74, 6) is 0.601. The number of benzene rings is 3. The second-order valence-corrected chi connectivity index (χ2v) is 13.6. The molecule has 1 aliphatic heterocycles. The molecular weight excluding hydrogens is 569 g/mol. The van der Waals surface area contributed by atoms with E-state index in [-0.39, 0.29) is 5.82 Å². The number of hydrogen-bond acceptors (Lipinski definition) is 3. The lowest BCUT2D eigenvalue weighted by Crippen LogP contribution is -2.20. The summed E-state index contributed by atoms with van der Waals surface area (Å²) in [6, 6.07) is 22.7. The number of aromatic amines is 2. The maximum atomic E-state index is 14.9. The van der Waals surface area contributed by atoms with Gasteiger partial charge in [0.25, 0.3) is 0 Å². The van der Waals surface area contributed by atoms with E-state index in [1.807, 2.05) is 18.5 Å². The number of nitrogens with zero attached hydrogens (tertiary/aromatic N) is 3. The van der Waals surface area contributed by atoms with Crippen LogP contribution in [-0.2, 0) is 12.8 Å². The number of halogens is 1. The van der Waals surface area contributed by atoms with Crippen LogP contribution in [0.1, 0.15) is 62.5 Å². The van der Waals surface area contributed by atoms with E-state index in [0.29, 0.717) is 0 Å². The number of nitrogens with one attached hydrogen (secondary N) is 2. The van der Waals surface area contributed by atoms with Gasteiger partial charge in [-0.15, -0.1) is 0 Å². The van der Waals surface area contributed by atoms with Crippen LogP contribution < -0.4 is 0 Å². The van der Waals surface area contributed by atoms with Gasteiger partial charge < -0.3 is 9.88 Å². The molecule has 1 saturated carbocycles. The fraction of sp³-hybridized carbons (Fsp3) is 0.350. The molecule has 5 nitrogen and oxygen atoms in total. The lowest BCUT2D eigenvalue weighted by molar-refractivity contribution is 0.334. The van der Waals surface area contributed by atoms with Crippen molar-refractivity contribution in [1.29, 1.82) is 0 Å². The first-order chi connectivity index (χ1) is 22.7. The Morgan fingerprint density at radius 3 is 2.52 bits per heavy atom. The molecule has 0 radical (unpaired) electrons. The fourth-order valence-electron chi connectivity index (χ4n) is 7.88. The zero-order valence-corrected chi connectivity index (χ0v) is 26.5. The highest BCUT2D eigenvalue weighted by Gasteiger charge is 2.17. The summed E-state index contributed by atoms with van der Waals surface area (Å²) in [6.45, 7) is 3.48. The van der Waals surface area contributed by atoms with Crippen LogP contribution >= 0.6 is 0 Å². The number of aromatic nitrogens is 4. The predicted octanol–water partition coefficient (Wildman–Crippen LogP) is 9.73. The molecule has 3 aromatic heterocycles. The van der Waals surface area contributed by atoms with E-state index in [1.54, 1.807) is 12.1 Å². The normalized spacial score (nSPS) is 16.2. The molecule has 0 amide bonds. The van der Waals surface area contributed by atoms with Crippen molar-refractivity contribution in [3.63, 3.8) is 0 Å². The van der Waals surface area contributed by atoms with Gasteiger partial charge in [0.15, 0.2) is 0 Å². The van der Waals surface area contributed by atoms with Gasteiger partial charge in [0, 0.05) is 34.2 Å². The largest absolute Gasteiger partial charge is 0.353 e. The van der Waals surface area contributed by atoms with Crippen LogP contribution in [0.15, 0.2) is 79.1 Å². The Kier molecular flexibility index (Phi) is 8.13. The van der Waals surface area contributed by atoms with E-state index >= 15 is 0 Å². The highest BCUT2D eigenvalue weighted by atomic mass is 19.1. The Bertz CT molecular complexity index is 1980. The third kappa shape index (κ3) is 6.11. The van der Waals surface area contributed by atoms with Gasteiger partial charge in [-0.3, -0.25) is 10.1 Å². The number of rotatable bonds is 9. The Hall–Kier alpha value is -4.29. The second-order valence-electron chi connectivity index (χ2n) is 13.6. The van der Waals surface area contributed by atoms with E-state index in [4.69, 9.17) is 5.10 Å². The number of pyridine rings is 1. The first kappa shape index (κ1) is 29.1. The predicted molar refractivity (Wildman–Crippen MR) is 186 cm³/mol. The van der Waals surface area contributed by atoms with Gasteiger partial charge in [0.2, 0.25) is 0 Å². The molecule has 3 aromatic carbocycles. The summed E-state index contributed by atoms with van der Waals surface area (Å²) >= 11 is 0. The summed E-state index contributed by atoms with van der Waals surface area (Å²) in [4.78, 5) is 10.8. The monoisotopic (exact) mass is 611 g/mol. The van der Waals surface area contributed by atoms with E-state index in [0.717, 1.165) is 92.7 Å². The Morgan fingerprint density at radius 2 is 1.63 bits per heavy atom. The molecule has 0 atom stereocenters. The van der Waals surface area contributed by atoms with Crippen LogP contribution in [0.5, 0.6) is 0 Å². The Labute approximate surface area is 270 Å². The van der Waals surface area contributed by atoms with Crippen molar-refractivity contribution in [2.75, 3.05) is 19.6 Å². The molecule has 6 heteroatoms. The van der Waals surface area contributed by atoms with Crippen LogP contribution in [0.4, 0.5) is 4.39 Å². The lowest BCUT2D eigenvalue weighted by Gasteiger charge is -2.21. The molecule has 1 saturated heterocycles. The average molecular weight is 612 g/mol. The SMILES string of the molecule is Fc1cc(CCCN2CCCC2)cc(-c2cccc3[nH]c(-c4n[nH]c5ccc(-c6cncc(CC7CCCCC7)c6)cc45)cc23)c1. The topological polar surface area (TPSA) is 60.6 Å². The third-order valence-corrected chi connectivity index (χ3v) is 10.3. The van der Waals surface area contributed by atoms with Gasteiger partial charge in [0.1, 0.15) is 11.5 Å². The lowest BCUT2D eigenvalue weighted by atomic mass is 9.85. The van der Waals surface area contributed by atoms with Crippen LogP contribution in [0.25, 0.3) is 55.4 Å². The highest BCUT2D eigenvalue weighted by molar-refractivity contribution is 6.02. The smallest absolute Gasteiger partial charge is 0.124 e. The maximum Gasteiger partial charge on any atom is 0.124 e. The van der Waals surface area contributed by atoms with Crippen molar-refractivity contribution in [1.82, 2.24) is 25.1 Å². The van der Waals surface area contributed by atoms with Crippen LogP contribution in [0.2, 0.25) is 0 Å². The number of hydrogen-bond donors (Lipinski definition) is 2. The standard InChI is InChI=1S/C40H42FN5/c41-33-21-28(10-7-17-46-15-4-5-16-46)19-31(22-33)34-11-6-12-37-35(34)24-39(43-37)40-36-23-30(13-14-38(36)44-45-40)32-20-29(25-42-26-32)18-27-8-2-1-3-9-27/h6,11-14,19-27,43H,1-5,7-10,15-18H2,(H,44,45). The molecule has 2 fully saturated rings. The van der Waals surface area contributed by atoms with Gasteiger partial charge in [-0.25, -0.2) is 4.39 Å². The third-order valence-electron chi connectivity index (χ3n) is 10.3. The van der Waals surface area contributed by atoms with Crippen molar-refractivity contribution in [2.24, 2.45) is 5.92 Å². The van der Waals surface area contributed by atoms with Crippen molar-refractivity contribution in [2.45, 2.75) is 64.2 Å². The van der Waals surface area contributed by atoms with E-state index in [9.17, 15) is 4.39 Å². The van der Waals surface area contributed by atoms with Crippen molar-refractivity contribution in [3.8, 4) is 33.6 Å². The Morgan fingerprint density at radius 1 is 0.761 bits per heavy atom. The van der Waals surface area contributed by atoms with Crippen molar-refractivity contribution < 1.29 is 4.39 Å². The molecule has 8 rings (SSSR count). The second kappa shape index (κ2) is 12.8. The zero-order chi connectivity index (χ0) is 30.9. The van der Waals surface area contributed by atoms with Gasteiger partial charge in [-0.1, -0.05) is 56.4 Å². The van der Waals surface area contributed by atoms with Crippen LogP contribution in [0, 0.1) is 11.7 Å². The zero-order valence-electron chi connectivity index (χ0n) is 26.5. The summed E-state index contributed by atoms with van der Waals surface area (Å²) in [5.41, 5.74) is 10.4. The quantitative estimate of drug-likeness (QED) is 0.171. The molecule has 4 heterocycles. The number of aryl methyl sites for hydroxylation is 1. The van der Waals surface area contributed by atoms with Gasteiger partial charge in [-0.05, 0) is 128 Å². The molecule has 0 bridgehead atoms. The first-order valence-electron chi connectivity index (χ1n) is 17.2. The molecule has 2 aliphatic rings. The minimum absolute atomic E-state index is 0.176. The van der Waals surface area contributed by atoms with E-state index in [2.05, 4.69) is 68.5 Å². The summed E-state index contributed by atoms with van der Waals surface area (Å²) in [5, 5.41) is 10.1. The molecule has 1 aliphatic carbocycles. The van der Waals surface area contributed by atoms with Gasteiger partial charge >= 0.3 is 0 Å². The molecule has 2 N–H and O–H groups in total. The minimum Gasteiger partial charge on any atom is -0.353 e. The number of H-pyrrole nitrogens is 2. The average Bonchev–Trinajstić information content (AvgIpc) is 3.85. The molecule has 0 spiro atoms. The molecular formula is C40H42FN5. The van der Waals surface area contributed by atoms with Crippen LogP contribution in [0.3, 0.4) is 0 Å². The van der Waals surface area contributed by atoms with Crippen molar-refractivity contribution in [3.05, 3.63) is 96.1 Å². The Balaban J connectivity index is 1.08. The fourth-order valence-corrected chi connectivity index (χ4v) is 7.88. The maximum absolute atomic E-state index is 14.9. The summed E-state index contributed by atoms with van der Waals surface area (Å²) in [6.07, 6.45) is 16.4.